The second kappa shape index (κ2) is 4.09. The highest BCUT2D eigenvalue weighted by molar-refractivity contribution is 9.09. The fraction of sp³-hybridized carbons (Fsp3) is 0.667. The van der Waals surface area contributed by atoms with Gasteiger partial charge in [-0.15, -0.1) is 0 Å². The third-order valence-electron chi connectivity index (χ3n) is 3.33. The molecule has 0 saturated heterocycles. The maximum Gasteiger partial charge on any atom is 0.111 e. The monoisotopic (exact) mass is 256 g/mol. The highest BCUT2D eigenvalue weighted by Gasteiger charge is 2.35. The number of alkyl halides is 1. The Hall–Kier alpha value is -0.240. The summed E-state index contributed by atoms with van der Waals surface area (Å²) in [6.45, 7) is 2.02. The average molecular weight is 257 g/mol. The van der Waals surface area contributed by atoms with E-state index in [-0.39, 0.29) is 5.41 Å². The summed E-state index contributed by atoms with van der Waals surface area (Å²) in [6.07, 6.45) is 6.60. The average Bonchev–Trinajstić information content (AvgIpc) is 2.66. The molecule has 1 saturated carbocycles. The lowest BCUT2D eigenvalue weighted by molar-refractivity contribution is 0.270. The van der Waals surface area contributed by atoms with Crippen LogP contribution >= 0.6 is 15.9 Å². The Bertz CT molecular complexity index is 297. The lowest BCUT2D eigenvalue weighted by Crippen LogP contribution is -2.30. The first-order valence-corrected chi connectivity index (χ1v) is 6.52. The van der Waals surface area contributed by atoms with Crippen LogP contribution in [0.3, 0.4) is 0 Å². The van der Waals surface area contributed by atoms with E-state index in [2.05, 4.69) is 28.1 Å². The minimum atomic E-state index is 0.284. The van der Waals surface area contributed by atoms with Gasteiger partial charge in [0.05, 0.1) is 0 Å². The van der Waals surface area contributed by atoms with Crippen LogP contribution in [-0.4, -0.2) is 5.33 Å². The van der Waals surface area contributed by atoms with Crippen LogP contribution in [0.5, 0.6) is 0 Å². The highest BCUT2D eigenvalue weighted by Crippen LogP contribution is 2.41. The SMILES string of the molecule is Cc1ccc(C2(CBr)CCCCC2)o1. The van der Waals surface area contributed by atoms with Crippen molar-refractivity contribution in [1.82, 2.24) is 0 Å². The molecule has 14 heavy (non-hydrogen) atoms. The molecule has 1 aromatic rings. The smallest absolute Gasteiger partial charge is 0.111 e. The molecule has 0 N–H and O–H groups in total. The van der Waals surface area contributed by atoms with Gasteiger partial charge in [0.2, 0.25) is 0 Å². The van der Waals surface area contributed by atoms with Gasteiger partial charge >= 0.3 is 0 Å². The van der Waals surface area contributed by atoms with Crippen LogP contribution < -0.4 is 0 Å². The van der Waals surface area contributed by atoms with E-state index in [1.807, 2.05) is 6.92 Å². The van der Waals surface area contributed by atoms with Crippen LogP contribution in [0.25, 0.3) is 0 Å². The van der Waals surface area contributed by atoms with Gasteiger partial charge in [0.15, 0.2) is 0 Å². The zero-order chi connectivity index (χ0) is 10.0. The van der Waals surface area contributed by atoms with Gasteiger partial charge in [0.25, 0.3) is 0 Å². The van der Waals surface area contributed by atoms with Crippen molar-refractivity contribution in [2.75, 3.05) is 5.33 Å². The minimum absolute atomic E-state index is 0.284. The molecule has 0 aromatic carbocycles. The van der Waals surface area contributed by atoms with Crippen molar-refractivity contribution in [2.24, 2.45) is 0 Å². The molecule has 1 aliphatic rings. The van der Waals surface area contributed by atoms with Crippen LogP contribution in [0, 0.1) is 6.92 Å². The van der Waals surface area contributed by atoms with Crippen LogP contribution in [0.1, 0.15) is 43.6 Å². The van der Waals surface area contributed by atoms with Crippen molar-refractivity contribution in [2.45, 2.75) is 44.4 Å². The topological polar surface area (TPSA) is 13.1 Å². The Morgan fingerprint density at radius 2 is 2.00 bits per heavy atom. The summed E-state index contributed by atoms with van der Waals surface area (Å²) in [5.41, 5.74) is 0.284. The highest BCUT2D eigenvalue weighted by atomic mass is 79.9. The van der Waals surface area contributed by atoms with E-state index in [0.29, 0.717) is 0 Å². The van der Waals surface area contributed by atoms with Crippen molar-refractivity contribution in [1.29, 1.82) is 0 Å². The Morgan fingerprint density at radius 1 is 1.29 bits per heavy atom. The van der Waals surface area contributed by atoms with Crippen molar-refractivity contribution in [3.63, 3.8) is 0 Å². The second-order valence-electron chi connectivity index (χ2n) is 4.38. The van der Waals surface area contributed by atoms with Gasteiger partial charge in [0, 0.05) is 10.7 Å². The van der Waals surface area contributed by atoms with Gasteiger partial charge in [-0.2, -0.15) is 0 Å². The minimum Gasteiger partial charge on any atom is -0.466 e. The molecular weight excluding hydrogens is 240 g/mol. The van der Waals surface area contributed by atoms with Crippen LogP contribution in [0.15, 0.2) is 16.5 Å². The summed E-state index contributed by atoms with van der Waals surface area (Å²) in [5.74, 6) is 2.22. The molecule has 2 rings (SSSR count). The fourth-order valence-electron chi connectivity index (χ4n) is 2.39. The number of aryl methyl sites for hydroxylation is 1. The molecule has 2 heteroatoms. The molecule has 1 aliphatic carbocycles. The second-order valence-corrected chi connectivity index (χ2v) is 4.95. The Labute approximate surface area is 94.0 Å². The van der Waals surface area contributed by atoms with Gasteiger partial charge in [-0.25, -0.2) is 0 Å². The molecule has 1 aromatic heterocycles. The van der Waals surface area contributed by atoms with Crippen LogP contribution in [-0.2, 0) is 5.41 Å². The van der Waals surface area contributed by atoms with E-state index in [9.17, 15) is 0 Å². The zero-order valence-electron chi connectivity index (χ0n) is 8.68. The van der Waals surface area contributed by atoms with Crippen LogP contribution in [0.4, 0.5) is 0 Å². The molecule has 1 nitrogen and oxygen atoms in total. The van der Waals surface area contributed by atoms with Gasteiger partial charge in [-0.3, -0.25) is 0 Å². The summed E-state index contributed by atoms with van der Waals surface area (Å²) in [6, 6.07) is 4.23. The molecule has 1 heterocycles. The Balaban J connectivity index is 2.26. The number of rotatable bonds is 2. The fourth-order valence-corrected chi connectivity index (χ4v) is 3.23. The van der Waals surface area contributed by atoms with Crippen molar-refractivity contribution < 1.29 is 4.42 Å². The first kappa shape index (κ1) is 10.3. The van der Waals surface area contributed by atoms with Gasteiger partial charge < -0.3 is 4.42 Å². The number of hydrogen-bond donors (Lipinski definition) is 0. The molecule has 78 valence electrons. The van der Waals surface area contributed by atoms with Gasteiger partial charge in [-0.05, 0) is 31.9 Å². The molecule has 0 radical (unpaired) electrons. The number of hydrogen-bond acceptors (Lipinski definition) is 1. The van der Waals surface area contributed by atoms with Gasteiger partial charge in [0.1, 0.15) is 11.5 Å². The normalized spacial score (nSPS) is 21.0. The van der Waals surface area contributed by atoms with E-state index < -0.39 is 0 Å². The third kappa shape index (κ3) is 1.77. The van der Waals surface area contributed by atoms with E-state index in [1.165, 1.54) is 37.9 Å². The van der Waals surface area contributed by atoms with Crippen molar-refractivity contribution in [3.8, 4) is 0 Å². The predicted molar refractivity (Wildman–Crippen MR) is 62.0 cm³/mol. The summed E-state index contributed by atoms with van der Waals surface area (Å²) in [7, 11) is 0. The number of halogens is 1. The van der Waals surface area contributed by atoms with Crippen molar-refractivity contribution >= 4 is 15.9 Å². The third-order valence-corrected chi connectivity index (χ3v) is 4.40. The Morgan fingerprint density at radius 3 is 2.50 bits per heavy atom. The Kier molecular flexibility index (Phi) is 3.01. The molecule has 0 atom stereocenters. The molecule has 0 amide bonds. The predicted octanol–water partition coefficient (Wildman–Crippen LogP) is 4.18. The summed E-state index contributed by atoms with van der Waals surface area (Å²) in [5, 5.41) is 1.03. The summed E-state index contributed by atoms with van der Waals surface area (Å²) >= 11 is 3.65. The maximum atomic E-state index is 5.79. The molecule has 1 fully saturated rings. The first-order valence-electron chi connectivity index (χ1n) is 5.40. The van der Waals surface area contributed by atoms with E-state index in [1.54, 1.807) is 0 Å². The maximum absolute atomic E-state index is 5.79. The van der Waals surface area contributed by atoms with E-state index in [4.69, 9.17) is 4.42 Å². The summed E-state index contributed by atoms with van der Waals surface area (Å²) < 4.78 is 5.79. The zero-order valence-corrected chi connectivity index (χ0v) is 10.3. The molecular formula is C12H17BrO. The lowest BCUT2D eigenvalue weighted by atomic mass is 9.74. The largest absolute Gasteiger partial charge is 0.466 e. The quantitative estimate of drug-likeness (QED) is 0.724. The molecule has 0 unspecified atom stereocenters. The van der Waals surface area contributed by atoms with Crippen LogP contribution in [0.2, 0.25) is 0 Å². The lowest BCUT2D eigenvalue weighted by Gasteiger charge is -2.33. The molecule has 0 aliphatic heterocycles. The number of furan rings is 1. The standard InChI is InChI=1S/C12H17BrO/c1-10-5-6-11(14-10)12(9-13)7-3-2-4-8-12/h5-6H,2-4,7-9H2,1H3. The van der Waals surface area contributed by atoms with Crippen molar-refractivity contribution in [3.05, 3.63) is 23.7 Å². The van der Waals surface area contributed by atoms with E-state index in [0.717, 1.165) is 11.1 Å². The van der Waals surface area contributed by atoms with E-state index >= 15 is 0 Å². The van der Waals surface area contributed by atoms with Gasteiger partial charge in [-0.1, -0.05) is 35.2 Å². The summed E-state index contributed by atoms with van der Waals surface area (Å²) in [4.78, 5) is 0. The molecule has 0 spiro atoms. The molecule has 0 bridgehead atoms. The first-order chi connectivity index (χ1) is 6.77.